The largest absolute Gasteiger partial charge is 0.247 e. The SMILES string of the molecule is N#Cc1ccc(-c2ccc3c(c2)nc(-c2ccccc2)c2cc(-c4c(F)c(C#N)c(F)c(C#N)c4F)c4nsnc4c23)cc1. The average Bonchev–Trinajstić information content (AvgIpc) is 3.55. The molecule has 0 atom stereocenters. The van der Waals surface area contributed by atoms with Crippen LogP contribution < -0.4 is 0 Å². The van der Waals surface area contributed by atoms with Crippen molar-refractivity contribution in [2.24, 2.45) is 0 Å². The number of pyridine rings is 1. The number of aromatic nitrogens is 3. The summed E-state index contributed by atoms with van der Waals surface area (Å²) in [7, 11) is 0. The summed E-state index contributed by atoms with van der Waals surface area (Å²) in [6.07, 6.45) is 0. The molecular formula is C34H13F3N6S. The first-order valence-electron chi connectivity index (χ1n) is 13.0. The Morgan fingerprint density at radius 3 is 1.93 bits per heavy atom. The van der Waals surface area contributed by atoms with Gasteiger partial charge in [0.1, 0.15) is 34.3 Å². The molecule has 7 aromatic rings. The molecule has 44 heavy (non-hydrogen) atoms. The number of halogens is 3. The van der Waals surface area contributed by atoms with Crippen molar-refractivity contribution in [2.45, 2.75) is 0 Å². The van der Waals surface area contributed by atoms with Crippen LogP contribution in [-0.2, 0) is 0 Å². The van der Waals surface area contributed by atoms with Crippen molar-refractivity contribution in [3.8, 4) is 51.7 Å². The van der Waals surface area contributed by atoms with Gasteiger partial charge < -0.3 is 0 Å². The van der Waals surface area contributed by atoms with E-state index in [0.717, 1.165) is 22.9 Å². The molecule has 0 bridgehead atoms. The molecule has 6 nitrogen and oxygen atoms in total. The second-order valence-electron chi connectivity index (χ2n) is 9.85. The quantitative estimate of drug-likeness (QED) is 0.190. The second-order valence-corrected chi connectivity index (χ2v) is 10.4. The molecule has 0 aliphatic heterocycles. The highest BCUT2D eigenvalue weighted by atomic mass is 32.1. The Kier molecular flexibility index (Phi) is 6.25. The lowest BCUT2D eigenvalue weighted by Gasteiger charge is -2.15. The Hall–Kier alpha value is -6.15. The van der Waals surface area contributed by atoms with E-state index < -0.39 is 34.1 Å². The van der Waals surface area contributed by atoms with Gasteiger partial charge in [-0.1, -0.05) is 54.6 Å². The molecule has 0 aliphatic rings. The Morgan fingerprint density at radius 1 is 0.614 bits per heavy atom. The topological polar surface area (TPSA) is 110 Å². The maximum Gasteiger partial charge on any atom is 0.164 e. The third-order valence-electron chi connectivity index (χ3n) is 7.50. The van der Waals surface area contributed by atoms with Gasteiger partial charge in [0.05, 0.1) is 40.1 Å². The Morgan fingerprint density at radius 2 is 1.27 bits per heavy atom. The number of nitrogens with zero attached hydrogens (tertiary/aromatic N) is 6. The highest BCUT2D eigenvalue weighted by Gasteiger charge is 2.29. The molecule has 0 fully saturated rings. The number of hydrogen-bond donors (Lipinski definition) is 0. The van der Waals surface area contributed by atoms with Gasteiger partial charge in [-0.2, -0.15) is 24.5 Å². The van der Waals surface area contributed by atoms with E-state index in [1.165, 1.54) is 18.2 Å². The molecule has 0 amide bonds. The zero-order valence-corrected chi connectivity index (χ0v) is 23.0. The van der Waals surface area contributed by atoms with Crippen molar-refractivity contribution < 1.29 is 13.2 Å². The predicted octanol–water partition coefficient (Wildman–Crippen LogP) is 8.43. The van der Waals surface area contributed by atoms with Gasteiger partial charge in [-0.15, -0.1) is 0 Å². The zero-order chi connectivity index (χ0) is 30.5. The summed E-state index contributed by atoms with van der Waals surface area (Å²) in [6, 6.07) is 28.5. The molecule has 0 saturated heterocycles. The zero-order valence-electron chi connectivity index (χ0n) is 22.2. The highest BCUT2D eigenvalue weighted by Crippen LogP contribution is 2.43. The second kappa shape index (κ2) is 10.3. The normalized spacial score (nSPS) is 11.0. The van der Waals surface area contributed by atoms with Gasteiger partial charge in [0.2, 0.25) is 0 Å². The van der Waals surface area contributed by atoms with Crippen molar-refractivity contribution in [3.63, 3.8) is 0 Å². The molecule has 5 aromatic carbocycles. The van der Waals surface area contributed by atoms with Crippen LogP contribution in [0.3, 0.4) is 0 Å². The van der Waals surface area contributed by atoms with Crippen LogP contribution in [0.25, 0.3) is 66.2 Å². The standard InChI is InChI=1S/C34H13F3N6S/c35-29-24(15-39)30(36)28(31(37)25(29)16-40)23-13-22-27(34-33(23)42-44-43-34)21-11-10-20(18-8-6-17(14-38)7-9-18)12-26(21)41-32(22)19-4-2-1-3-5-19/h1-13H. The number of nitriles is 3. The summed E-state index contributed by atoms with van der Waals surface area (Å²) in [5.41, 5.74) is 1.61. The van der Waals surface area contributed by atoms with E-state index in [2.05, 4.69) is 14.8 Å². The third-order valence-corrected chi connectivity index (χ3v) is 8.03. The van der Waals surface area contributed by atoms with E-state index >= 15 is 8.78 Å². The lowest BCUT2D eigenvalue weighted by molar-refractivity contribution is 0.539. The maximum atomic E-state index is 15.7. The summed E-state index contributed by atoms with van der Waals surface area (Å²) in [4.78, 5) is 5.00. The van der Waals surface area contributed by atoms with Gasteiger partial charge in [-0.3, -0.25) is 0 Å². The minimum Gasteiger partial charge on any atom is -0.247 e. The van der Waals surface area contributed by atoms with Gasteiger partial charge in [0.15, 0.2) is 17.5 Å². The monoisotopic (exact) mass is 594 g/mol. The number of benzene rings is 5. The minimum absolute atomic E-state index is 0.0863. The minimum atomic E-state index is -1.56. The van der Waals surface area contributed by atoms with Crippen LogP contribution in [0, 0.1) is 51.4 Å². The fraction of sp³-hybridized carbons (Fsp3) is 0. The van der Waals surface area contributed by atoms with Crippen LogP contribution in [0.15, 0.2) is 78.9 Å². The Bertz CT molecular complexity index is 2410. The molecular weight excluding hydrogens is 581 g/mol. The molecule has 2 heterocycles. The number of rotatable bonds is 3. The van der Waals surface area contributed by atoms with Crippen molar-refractivity contribution in [1.82, 2.24) is 13.7 Å². The molecule has 0 N–H and O–H groups in total. The van der Waals surface area contributed by atoms with Crippen LogP contribution in [0.5, 0.6) is 0 Å². The number of hydrogen-bond acceptors (Lipinski definition) is 7. The lowest BCUT2D eigenvalue weighted by Crippen LogP contribution is -2.04. The molecule has 10 heteroatoms. The molecule has 0 saturated carbocycles. The van der Waals surface area contributed by atoms with E-state index in [9.17, 15) is 20.2 Å². The first-order chi connectivity index (χ1) is 21.4. The molecule has 0 unspecified atom stereocenters. The lowest BCUT2D eigenvalue weighted by atomic mass is 9.91. The van der Waals surface area contributed by atoms with E-state index in [0.29, 0.717) is 44.0 Å². The fourth-order valence-electron chi connectivity index (χ4n) is 5.44. The van der Waals surface area contributed by atoms with Gasteiger partial charge in [-0.25, -0.2) is 18.2 Å². The Balaban J connectivity index is 1.61. The summed E-state index contributed by atoms with van der Waals surface area (Å²) >= 11 is 0.829. The van der Waals surface area contributed by atoms with Gasteiger partial charge >= 0.3 is 0 Å². The highest BCUT2D eigenvalue weighted by molar-refractivity contribution is 7.00. The van der Waals surface area contributed by atoms with Crippen LogP contribution in [0.2, 0.25) is 0 Å². The van der Waals surface area contributed by atoms with Gasteiger partial charge in [-0.05, 0) is 35.4 Å². The summed E-state index contributed by atoms with van der Waals surface area (Å²) < 4.78 is 54.9. The summed E-state index contributed by atoms with van der Waals surface area (Å²) in [5.74, 6) is -4.42. The fourth-order valence-corrected chi connectivity index (χ4v) is 6.00. The molecule has 206 valence electrons. The summed E-state index contributed by atoms with van der Waals surface area (Å²) in [5, 5.41) is 29.9. The molecule has 7 rings (SSSR count). The van der Waals surface area contributed by atoms with Crippen molar-refractivity contribution in [2.75, 3.05) is 0 Å². The molecule has 0 spiro atoms. The molecule has 0 radical (unpaired) electrons. The van der Waals surface area contributed by atoms with E-state index in [1.54, 1.807) is 12.1 Å². The molecule has 0 aliphatic carbocycles. The third kappa shape index (κ3) is 3.96. The smallest absolute Gasteiger partial charge is 0.164 e. The Labute approximate surface area is 251 Å². The maximum absolute atomic E-state index is 15.7. The van der Waals surface area contributed by atoms with Crippen LogP contribution in [0.4, 0.5) is 13.2 Å². The van der Waals surface area contributed by atoms with E-state index in [4.69, 9.17) is 4.98 Å². The van der Waals surface area contributed by atoms with Crippen molar-refractivity contribution in [1.29, 1.82) is 15.8 Å². The number of fused-ring (bicyclic) bond motifs is 5. The molecule has 2 aromatic heterocycles. The predicted molar refractivity (Wildman–Crippen MR) is 161 cm³/mol. The van der Waals surface area contributed by atoms with Gasteiger partial charge in [0.25, 0.3) is 0 Å². The first-order valence-corrected chi connectivity index (χ1v) is 13.8. The van der Waals surface area contributed by atoms with Crippen LogP contribution in [-0.4, -0.2) is 13.7 Å². The van der Waals surface area contributed by atoms with Gasteiger partial charge in [0, 0.05) is 27.3 Å². The van der Waals surface area contributed by atoms with E-state index in [-0.39, 0.29) is 11.1 Å². The van der Waals surface area contributed by atoms with Crippen LogP contribution >= 0.6 is 11.7 Å². The first kappa shape index (κ1) is 26.7. The van der Waals surface area contributed by atoms with E-state index in [1.807, 2.05) is 60.7 Å². The average molecular weight is 595 g/mol. The van der Waals surface area contributed by atoms with Crippen LogP contribution in [0.1, 0.15) is 16.7 Å². The van der Waals surface area contributed by atoms with Crippen molar-refractivity contribution >= 4 is 44.4 Å². The summed E-state index contributed by atoms with van der Waals surface area (Å²) in [6.45, 7) is 0. The van der Waals surface area contributed by atoms with Crippen molar-refractivity contribution in [3.05, 3.63) is 113 Å².